The number of carbonyl (C=O) groups excluding carboxylic acids is 1. The van der Waals surface area contributed by atoms with Crippen LogP contribution in [0.5, 0.6) is 0 Å². The lowest BCUT2D eigenvalue weighted by molar-refractivity contribution is -0.128. The molecule has 0 radical (unpaired) electrons. The fourth-order valence-corrected chi connectivity index (χ4v) is 2.83. The second-order valence-electron chi connectivity index (χ2n) is 5.06. The second-order valence-corrected chi connectivity index (χ2v) is 5.06. The van der Waals surface area contributed by atoms with Crippen molar-refractivity contribution in [2.24, 2.45) is 11.8 Å². The van der Waals surface area contributed by atoms with Crippen molar-refractivity contribution >= 4 is 5.91 Å². The van der Waals surface area contributed by atoms with Gasteiger partial charge in [0.1, 0.15) is 0 Å². The summed E-state index contributed by atoms with van der Waals surface area (Å²) in [6, 6.07) is 0. The first-order chi connectivity index (χ1) is 7.29. The van der Waals surface area contributed by atoms with Crippen LogP contribution in [-0.2, 0) is 4.79 Å². The highest BCUT2D eigenvalue weighted by Crippen LogP contribution is 2.27. The van der Waals surface area contributed by atoms with Gasteiger partial charge in [0.25, 0.3) is 0 Å². The Balaban J connectivity index is 1.81. The Morgan fingerprint density at radius 3 is 2.53 bits per heavy atom. The van der Waals surface area contributed by atoms with Crippen molar-refractivity contribution in [3.63, 3.8) is 0 Å². The van der Waals surface area contributed by atoms with E-state index in [1.165, 1.54) is 32.1 Å². The number of aliphatic hydroxyl groups excluding tert-OH is 1. The summed E-state index contributed by atoms with van der Waals surface area (Å²) in [7, 11) is 0. The van der Waals surface area contributed by atoms with Gasteiger partial charge in [-0.1, -0.05) is 19.3 Å². The van der Waals surface area contributed by atoms with Crippen LogP contribution < -0.4 is 0 Å². The third-order valence-electron chi connectivity index (χ3n) is 3.76. The van der Waals surface area contributed by atoms with Crippen LogP contribution in [0.25, 0.3) is 0 Å². The van der Waals surface area contributed by atoms with Gasteiger partial charge in [-0.2, -0.15) is 0 Å². The fourth-order valence-electron chi connectivity index (χ4n) is 2.83. The Morgan fingerprint density at radius 1 is 1.20 bits per heavy atom. The summed E-state index contributed by atoms with van der Waals surface area (Å²) in [5.41, 5.74) is 0. The van der Waals surface area contributed by atoms with E-state index in [1.807, 2.05) is 4.90 Å². The van der Waals surface area contributed by atoms with Crippen molar-refractivity contribution in [1.29, 1.82) is 0 Å². The van der Waals surface area contributed by atoms with E-state index in [2.05, 4.69) is 0 Å². The number of likely N-dealkylation sites (tertiary alicyclic amines) is 1. The van der Waals surface area contributed by atoms with Gasteiger partial charge in [0, 0.05) is 32.0 Å². The van der Waals surface area contributed by atoms with Gasteiger partial charge >= 0.3 is 0 Å². The maximum atomic E-state index is 11.6. The Hall–Kier alpha value is -0.570. The van der Waals surface area contributed by atoms with E-state index in [9.17, 15) is 4.79 Å². The topological polar surface area (TPSA) is 40.5 Å². The lowest BCUT2D eigenvalue weighted by atomic mass is 9.89. The molecule has 1 atom stereocenters. The molecule has 1 N–H and O–H groups in total. The molecule has 0 aromatic carbocycles. The number of hydrogen-bond donors (Lipinski definition) is 1. The van der Waals surface area contributed by atoms with Gasteiger partial charge in [-0.3, -0.25) is 4.79 Å². The van der Waals surface area contributed by atoms with Gasteiger partial charge in [-0.15, -0.1) is 0 Å². The van der Waals surface area contributed by atoms with Crippen molar-refractivity contribution in [1.82, 2.24) is 4.90 Å². The van der Waals surface area contributed by atoms with Crippen LogP contribution in [0, 0.1) is 11.8 Å². The highest BCUT2D eigenvalue weighted by Gasteiger charge is 2.30. The van der Waals surface area contributed by atoms with Crippen molar-refractivity contribution in [2.75, 3.05) is 19.7 Å². The monoisotopic (exact) mass is 211 g/mol. The third kappa shape index (κ3) is 2.71. The van der Waals surface area contributed by atoms with Crippen molar-refractivity contribution in [3.8, 4) is 0 Å². The quantitative estimate of drug-likeness (QED) is 0.766. The summed E-state index contributed by atoms with van der Waals surface area (Å²) in [5.74, 6) is 1.17. The van der Waals surface area contributed by atoms with Gasteiger partial charge in [0.2, 0.25) is 5.91 Å². The number of aliphatic hydroxyl groups is 1. The number of hydrogen-bond acceptors (Lipinski definition) is 2. The van der Waals surface area contributed by atoms with Crippen LogP contribution in [0.1, 0.15) is 38.5 Å². The molecule has 86 valence electrons. The molecule has 2 fully saturated rings. The average molecular weight is 211 g/mol. The minimum atomic E-state index is 0.160. The van der Waals surface area contributed by atoms with Gasteiger partial charge in [-0.25, -0.2) is 0 Å². The van der Waals surface area contributed by atoms with E-state index < -0.39 is 0 Å². The molecule has 1 aliphatic carbocycles. The molecule has 2 rings (SSSR count). The summed E-state index contributed by atoms with van der Waals surface area (Å²) in [6.07, 6.45) is 7.15. The number of amides is 1. The first kappa shape index (κ1) is 10.9. The van der Waals surface area contributed by atoms with Crippen molar-refractivity contribution < 1.29 is 9.90 Å². The van der Waals surface area contributed by atoms with Crippen LogP contribution in [0.3, 0.4) is 0 Å². The standard InChI is InChI=1S/C12H21NO2/c14-9-11-6-12(15)13(8-11)7-10-4-2-1-3-5-10/h10-11,14H,1-9H2. The van der Waals surface area contributed by atoms with E-state index in [0.717, 1.165) is 19.0 Å². The molecule has 1 saturated heterocycles. The zero-order chi connectivity index (χ0) is 10.7. The lowest BCUT2D eigenvalue weighted by Crippen LogP contribution is -2.32. The van der Waals surface area contributed by atoms with E-state index in [-0.39, 0.29) is 18.4 Å². The number of rotatable bonds is 3. The SMILES string of the molecule is O=C1CC(CO)CN1CC1CCCCC1. The minimum absolute atomic E-state index is 0.160. The largest absolute Gasteiger partial charge is 0.396 e. The molecule has 3 nitrogen and oxygen atoms in total. The molecule has 15 heavy (non-hydrogen) atoms. The zero-order valence-corrected chi connectivity index (χ0v) is 9.32. The minimum Gasteiger partial charge on any atom is -0.396 e. The molecule has 1 saturated carbocycles. The molecule has 1 heterocycles. The smallest absolute Gasteiger partial charge is 0.223 e. The predicted molar refractivity (Wildman–Crippen MR) is 58.3 cm³/mol. The van der Waals surface area contributed by atoms with Crippen LogP contribution in [0.15, 0.2) is 0 Å². The highest BCUT2D eigenvalue weighted by molar-refractivity contribution is 5.78. The van der Waals surface area contributed by atoms with E-state index >= 15 is 0 Å². The molecule has 1 aliphatic heterocycles. The molecule has 0 spiro atoms. The summed E-state index contributed by atoms with van der Waals surface area (Å²) < 4.78 is 0. The van der Waals surface area contributed by atoms with E-state index in [0.29, 0.717) is 6.42 Å². The molecule has 3 heteroatoms. The average Bonchev–Trinajstić information content (AvgIpc) is 2.61. The molecule has 0 bridgehead atoms. The summed E-state index contributed by atoms with van der Waals surface area (Å²) >= 11 is 0. The molecule has 1 unspecified atom stereocenters. The highest BCUT2D eigenvalue weighted by atomic mass is 16.3. The summed E-state index contributed by atoms with van der Waals surface area (Å²) in [6.45, 7) is 1.88. The Labute approximate surface area is 91.5 Å². The van der Waals surface area contributed by atoms with Gasteiger partial charge < -0.3 is 10.0 Å². The maximum Gasteiger partial charge on any atom is 0.223 e. The third-order valence-corrected chi connectivity index (χ3v) is 3.76. The Bertz CT molecular complexity index is 224. The normalized spacial score (nSPS) is 28.7. The maximum absolute atomic E-state index is 11.6. The second kappa shape index (κ2) is 4.97. The van der Waals surface area contributed by atoms with E-state index in [4.69, 9.17) is 5.11 Å². The van der Waals surface area contributed by atoms with Crippen molar-refractivity contribution in [3.05, 3.63) is 0 Å². The molecular formula is C12H21NO2. The molecule has 2 aliphatic rings. The number of carbonyl (C=O) groups is 1. The van der Waals surface area contributed by atoms with Crippen LogP contribution in [-0.4, -0.2) is 35.6 Å². The first-order valence-electron chi connectivity index (χ1n) is 6.18. The van der Waals surface area contributed by atoms with Crippen molar-refractivity contribution in [2.45, 2.75) is 38.5 Å². The van der Waals surface area contributed by atoms with Gasteiger partial charge in [-0.05, 0) is 18.8 Å². The van der Waals surface area contributed by atoms with Crippen LogP contribution in [0.2, 0.25) is 0 Å². The first-order valence-corrected chi connectivity index (χ1v) is 6.18. The molecule has 1 amide bonds. The van der Waals surface area contributed by atoms with Gasteiger partial charge in [0.15, 0.2) is 0 Å². The lowest BCUT2D eigenvalue weighted by Gasteiger charge is -2.26. The predicted octanol–water partition coefficient (Wildman–Crippen LogP) is 1.41. The van der Waals surface area contributed by atoms with E-state index in [1.54, 1.807) is 0 Å². The summed E-state index contributed by atoms with van der Waals surface area (Å²) in [4.78, 5) is 13.6. The Kier molecular flexibility index (Phi) is 3.62. The number of nitrogens with zero attached hydrogens (tertiary/aromatic N) is 1. The van der Waals surface area contributed by atoms with Crippen LogP contribution in [0.4, 0.5) is 0 Å². The molecule has 0 aromatic rings. The molecular weight excluding hydrogens is 190 g/mol. The fraction of sp³-hybridized carbons (Fsp3) is 0.917. The van der Waals surface area contributed by atoms with Gasteiger partial charge in [0.05, 0.1) is 0 Å². The van der Waals surface area contributed by atoms with Crippen LogP contribution >= 0.6 is 0 Å². The summed E-state index contributed by atoms with van der Waals surface area (Å²) in [5, 5.41) is 9.03. The molecule has 0 aromatic heterocycles. The zero-order valence-electron chi connectivity index (χ0n) is 9.32. The Morgan fingerprint density at radius 2 is 1.93 bits per heavy atom.